The van der Waals surface area contributed by atoms with Crippen LogP contribution in [-0.2, 0) is 5.54 Å². The lowest BCUT2D eigenvalue weighted by Gasteiger charge is -2.25. The van der Waals surface area contributed by atoms with Crippen LogP contribution in [0.3, 0.4) is 0 Å². The maximum atomic E-state index is 6.10. The van der Waals surface area contributed by atoms with Crippen LogP contribution in [0.5, 0.6) is 0 Å². The lowest BCUT2D eigenvalue weighted by Crippen LogP contribution is -2.23. The number of hydrogen-bond donors (Lipinski definition) is 2. The molecule has 0 unspecified atom stereocenters. The SMILES string of the molecule is Cc1ncnn1-c1ccc(N)nc1-c1nc2cc(-c3cnc(N)nc3)ccc2n1C(C)(C)C. The summed E-state index contributed by atoms with van der Waals surface area (Å²) in [4.78, 5) is 22.2. The van der Waals surface area contributed by atoms with Crippen molar-refractivity contribution < 1.29 is 0 Å². The smallest absolute Gasteiger partial charge is 0.219 e. The number of benzene rings is 1. The number of nitrogens with zero attached hydrogens (tertiary/aromatic N) is 8. The summed E-state index contributed by atoms with van der Waals surface area (Å²) in [6.45, 7) is 8.28. The van der Waals surface area contributed by atoms with Crippen LogP contribution in [0.15, 0.2) is 49.1 Å². The third kappa shape index (κ3) is 3.55. The molecule has 0 aliphatic carbocycles. The monoisotopic (exact) mass is 440 g/mol. The second kappa shape index (κ2) is 7.37. The zero-order valence-electron chi connectivity index (χ0n) is 18.9. The minimum absolute atomic E-state index is 0.239. The number of hydrogen-bond acceptors (Lipinski definition) is 8. The highest BCUT2D eigenvalue weighted by molar-refractivity contribution is 5.86. The molecule has 4 aromatic heterocycles. The molecule has 0 amide bonds. The molecule has 1 aromatic carbocycles. The summed E-state index contributed by atoms with van der Waals surface area (Å²) in [5.41, 5.74) is 16.5. The van der Waals surface area contributed by atoms with E-state index in [2.05, 4.69) is 56.4 Å². The van der Waals surface area contributed by atoms with E-state index in [1.807, 2.05) is 25.1 Å². The molecule has 10 heteroatoms. The summed E-state index contributed by atoms with van der Waals surface area (Å²) in [5, 5.41) is 4.37. The number of imidazole rings is 1. The number of pyridine rings is 1. The van der Waals surface area contributed by atoms with Gasteiger partial charge in [0.05, 0.1) is 16.7 Å². The van der Waals surface area contributed by atoms with E-state index in [0.29, 0.717) is 17.3 Å². The third-order valence-electron chi connectivity index (χ3n) is 5.38. The molecule has 0 spiro atoms. The molecule has 4 heterocycles. The Kier molecular flexibility index (Phi) is 4.59. The van der Waals surface area contributed by atoms with Crippen molar-refractivity contribution in [1.29, 1.82) is 0 Å². The number of anilines is 2. The highest BCUT2D eigenvalue weighted by atomic mass is 15.3. The van der Waals surface area contributed by atoms with Gasteiger partial charge >= 0.3 is 0 Å². The fraction of sp³-hybridized carbons (Fsp3) is 0.217. The van der Waals surface area contributed by atoms with Gasteiger partial charge in [-0.1, -0.05) is 6.07 Å². The van der Waals surface area contributed by atoms with Gasteiger partial charge in [-0.25, -0.2) is 29.6 Å². The molecule has 0 radical (unpaired) electrons. The number of aromatic nitrogens is 8. The largest absolute Gasteiger partial charge is 0.384 e. The molecule has 0 saturated carbocycles. The lowest BCUT2D eigenvalue weighted by atomic mass is 10.1. The molecular weight excluding hydrogens is 416 g/mol. The lowest BCUT2D eigenvalue weighted by molar-refractivity contribution is 0.412. The van der Waals surface area contributed by atoms with Gasteiger partial charge in [0.1, 0.15) is 23.7 Å². The van der Waals surface area contributed by atoms with Crippen molar-refractivity contribution in [3.05, 3.63) is 54.9 Å². The van der Waals surface area contributed by atoms with Crippen molar-refractivity contribution >= 4 is 22.8 Å². The maximum absolute atomic E-state index is 6.10. The van der Waals surface area contributed by atoms with Crippen molar-refractivity contribution in [2.24, 2.45) is 0 Å². The van der Waals surface area contributed by atoms with Gasteiger partial charge in [0.25, 0.3) is 0 Å². The van der Waals surface area contributed by atoms with Crippen LogP contribution < -0.4 is 11.5 Å². The average Bonchev–Trinajstić information content (AvgIpc) is 3.37. The third-order valence-corrected chi connectivity index (χ3v) is 5.38. The van der Waals surface area contributed by atoms with Crippen molar-refractivity contribution in [2.75, 3.05) is 11.5 Å². The summed E-state index contributed by atoms with van der Waals surface area (Å²) in [6.07, 6.45) is 4.93. The summed E-state index contributed by atoms with van der Waals surface area (Å²) < 4.78 is 3.91. The second-order valence-corrected chi connectivity index (χ2v) is 8.80. The van der Waals surface area contributed by atoms with Gasteiger partial charge in [-0.05, 0) is 57.5 Å². The molecule has 0 bridgehead atoms. The Morgan fingerprint density at radius 2 is 1.64 bits per heavy atom. The Hall–Kier alpha value is -4.34. The van der Waals surface area contributed by atoms with Crippen molar-refractivity contribution in [3.63, 3.8) is 0 Å². The minimum atomic E-state index is -0.281. The Morgan fingerprint density at radius 3 is 2.30 bits per heavy atom. The van der Waals surface area contributed by atoms with E-state index in [1.54, 1.807) is 23.1 Å². The number of aryl methyl sites for hydroxylation is 1. The molecule has 0 fully saturated rings. The molecule has 5 aromatic rings. The highest BCUT2D eigenvalue weighted by Crippen LogP contribution is 2.35. The Morgan fingerprint density at radius 1 is 0.879 bits per heavy atom. The van der Waals surface area contributed by atoms with Crippen molar-refractivity contribution in [3.8, 4) is 28.3 Å². The van der Waals surface area contributed by atoms with Crippen molar-refractivity contribution in [1.82, 2.24) is 39.3 Å². The standard InChI is InChI=1S/C23H24N10/c1-13-28-12-29-33(13)18-7-8-19(24)31-20(18)21-30-16-9-14(15-10-26-22(25)27-11-15)5-6-17(16)32(21)23(2,3)4/h5-12H,1-4H3,(H2,24,31)(H2,25,26,27). The van der Waals surface area contributed by atoms with E-state index in [1.165, 1.54) is 6.33 Å². The summed E-state index contributed by atoms with van der Waals surface area (Å²) in [7, 11) is 0. The number of nitrogen functional groups attached to an aromatic ring is 2. The molecule has 4 N–H and O–H groups in total. The Bertz CT molecular complexity index is 1470. The van der Waals surface area contributed by atoms with Crippen molar-refractivity contribution in [2.45, 2.75) is 33.2 Å². The maximum Gasteiger partial charge on any atom is 0.219 e. The zero-order valence-corrected chi connectivity index (χ0v) is 18.9. The van der Waals surface area contributed by atoms with Gasteiger partial charge in [-0.2, -0.15) is 5.10 Å². The van der Waals surface area contributed by atoms with Crippen LogP contribution in [0.4, 0.5) is 11.8 Å². The van der Waals surface area contributed by atoms with E-state index < -0.39 is 0 Å². The zero-order chi connectivity index (χ0) is 23.3. The summed E-state index contributed by atoms with van der Waals surface area (Å²) >= 11 is 0. The molecule has 0 atom stereocenters. The molecule has 0 aliphatic rings. The first-order valence-corrected chi connectivity index (χ1v) is 10.5. The fourth-order valence-electron chi connectivity index (χ4n) is 3.92. The van der Waals surface area contributed by atoms with Crippen LogP contribution in [0.1, 0.15) is 26.6 Å². The van der Waals surface area contributed by atoms with E-state index >= 15 is 0 Å². The van der Waals surface area contributed by atoms with Crippen LogP contribution in [0.2, 0.25) is 0 Å². The van der Waals surface area contributed by atoms with E-state index in [-0.39, 0.29) is 11.5 Å². The highest BCUT2D eigenvalue weighted by Gasteiger charge is 2.26. The quantitative estimate of drug-likeness (QED) is 0.435. The Balaban J connectivity index is 1.78. The number of fused-ring (bicyclic) bond motifs is 1. The Labute approximate surface area is 190 Å². The molecule has 0 aliphatic heterocycles. The van der Waals surface area contributed by atoms with Gasteiger partial charge in [0.2, 0.25) is 5.95 Å². The molecular formula is C23H24N10. The number of rotatable bonds is 3. The topological polar surface area (TPSA) is 139 Å². The van der Waals surface area contributed by atoms with Gasteiger partial charge in [-0.3, -0.25) is 0 Å². The second-order valence-electron chi connectivity index (χ2n) is 8.80. The summed E-state index contributed by atoms with van der Waals surface area (Å²) in [6, 6.07) is 9.74. The van der Waals surface area contributed by atoms with E-state index in [4.69, 9.17) is 16.5 Å². The van der Waals surface area contributed by atoms with E-state index in [0.717, 1.165) is 33.7 Å². The number of nitrogens with two attached hydrogens (primary N) is 2. The van der Waals surface area contributed by atoms with Gasteiger partial charge in [0.15, 0.2) is 5.82 Å². The first kappa shape index (κ1) is 20.6. The molecule has 33 heavy (non-hydrogen) atoms. The average molecular weight is 441 g/mol. The van der Waals surface area contributed by atoms with Gasteiger partial charge in [-0.15, -0.1) is 0 Å². The first-order chi connectivity index (χ1) is 15.7. The normalized spacial score (nSPS) is 11.9. The molecule has 0 saturated heterocycles. The van der Waals surface area contributed by atoms with Crippen LogP contribution in [-0.4, -0.2) is 39.3 Å². The molecule has 166 valence electrons. The fourth-order valence-corrected chi connectivity index (χ4v) is 3.92. The van der Waals surface area contributed by atoms with Gasteiger partial charge < -0.3 is 16.0 Å². The molecule has 10 nitrogen and oxygen atoms in total. The first-order valence-electron chi connectivity index (χ1n) is 10.5. The van der Waals surface area contributed by atoms with Crippen LogP contribution >= 0.6 is 0 Å². The molecule has 5 rings (SSSR count). The summed E-state index contributed by atoms with van der Waals surface area (Å²) in [5.74, 6) is 2.08. The minimum Gasteiger partial charge on any atom is -0.384 e. The predicted octanol–water partition coefficient (Wildman–Crippen LogP) is 3.36. The van der Waals surface area contributed by atoms with Crippen LogP contribution in [0, 0.1) is 6.92 Å². The van der Waals surface area contributed by atoms with E-state index in [9.17, 15) is 0 Å². The predicted molar refractivity (Wildman–Crippen MR) is 127 cm³/mol. The van der Waals surface area contributed by atoms with Gasteiger partial charge in [0, 0.05) is 23.5 Å². The van der Waals surface area contributed by atoms with Crippen LogP contribution in [0.25, 0.3) is 39.4 Å².